The van der Waals surface area contributed by atoms with E-state index in [1.54, 1.807) is 11.8 Å². The first kappa shape index (κ1) is 15.2. The molecular weight excluding hydrogens is 339 g/mol. The van der Waals surface area contributed by atoms with Gasteiger partial charge in [0.1, 0.15) is 5.75 Å². The van der Waals surface area contributed by atoms with Crippen molar-refractivity contribution < 1.29 is 22.7 Å². The van der Waals surface area contributed by atoms with E-state index in [4.69, 9.17) is 0 Å². The maximum Gasteiger partial charge on any atom is 0.573 e. The van der Waals surface area contributed by atoms with Gasteiger partial charge < -0.3 is 9.64 Å². The van der Waals surface area contributed by atoms with Gasteiger partial charge in [0.25, 0.3) is 0 Å². The molecule has 0 aromatic heterocycles. The number of nitrogens with zero attached hydrogens (tertiary/aromatic N) is 1. The van der Waals surface area contributed by atoms with E-state index in [1.807, 2.05) is 0 Å². The normalized spacial score (nSPS) is 19.6. The van der Waals surface area contributed by atoms with Crippen LogP contribution in [-0.4, -0.2) is 24.1 Å². The molecule has 1 aliphatic heterocycles. The largest absolute Gasteiger partial charge is 0.573 e. The minimum Gasteiger partial charge on any atom is -0.406 e. The summed E-state index contributed by atoms with van der Waals surface area (Å²) in [5.74, 6) is -0.0579. The molecule has 0 saturated carbocycles. The van der Waals surface area contributed by atoms with Crippen LogP contribution in [0.2, 0.25) is 0 Å². The fourth-order valence-electron chi connectivity index (χ4n) is 2.25. The Hall–Kier alpha value is -1.24. The number of hydrogen-bond donors (Lipinski definition) is 0. The molecule has 0 aliphatic carbocycles. The highest BCUT2D eigenvalue weighted by Gasteiger charge is 2.33. The van der Waals surface area contributed by atoms with Crippen LogP contribution in [-0.2, 0) is 4.79 Å². The van der Waals surface area contributed by atoms with E-state index in [2.05, 4.69) is 20.7 Å². The van der Waals surface area contributed by atoms with Gasteiger partial charge in [-0.1, -0.05) is 15.9 Å². The summed E-state index contributed by atoms with van der Waals surface area (Å²) in [5.41, 5.74) is 1.21. The number of benzene rings is 1. The molecule has 1 amide bonds. The van der Waals surface area contributed by atoms with E-state index in [0.717, 1.165) is 5.33 Å². The Labute approximate surface area is 122 Å². The second-order valence-corrected chi connectivity index (χ2v) is 5.37. The molecular formula is C13H13BrF3NO2. The summed E-state index contributed by atoms with van der Waals surface area (Å²) in [5, 5.41) is 0.726. The van der Waals surface area contributed by atoms with Gasteiger partial charge in [-0.3, -0.25) is 4.79 Å². The predicted molar refractivity (Wildman–Crippen MR) is 72.1 cm³/mol. The number of hydrogen-bond acceptors (Lipinski definition) is 2. The third kappa shape index (κ3) is 3.45. The third-order valence-electron chi connectivity index (χ3n) is 3.12. The number of alkyl halides is 4. The van der Waals surface area contributed by atoms with Crippen LogP contribution in [0.1, 0.15) is 12.0 Å². The van der Waals surface area contributed by atoms with E-state index in [0.29, 0.717) is 24.2 Å². The highest BCUT2D eigenvalue weighted by Crippen LogP contribution is 2.32. The number of ether oxygens (including phenoxy) is 1. The number of carbonyl (C=O) groups excluding carboxylic acids is 1. The number of carbonyl (C=O) groups is 1. The summed E-state index contributed by atoms with van der Waals surface area (Å²) >= 11 is 3.34. The van der Waals surface area contributed by atoms with Gasteiger partial charge in [0.15, 0.2) is 0 Å². The monoisotopic (exact) mass is 351 g/mol. The SMILES string of the molecule is Cc1cc(OC(F)(F)F)ccc1N1CC(CBr)CC1=O. The van der Waals surface area contributed by atoms with E-state index in [9.17, 15) is 18.0 Å². The molecule has 0 spiro atoms. The summed E-state index contributed by atoms with van der Waals surface area (Å²) in [7, 11) is 0. The summed E-state index contributed by atoms with van der Waals surface area (Å²) in [6, 6.07) is 4.01. The lowest BCUT2D eigenvalue weighted by Gasteiger charge is -2.20. The quantitative estimate of drug-likeness (QED) is 0.778. The van der Waals surface area contributed by atoms with Crippen molar-refractivity contribution in [3.63, 3.8) is 0 Å². The van der Waals surface area contributed by atoms with E-state index in [-0.39, 0.29) is 17.6 Å². The summed E-state index contributed by atoms with van der Waals surface area (Å²) in [6.07, 6.45) is -4.26. The molecule has 1 aliphatic rings. The van der Waals surface area contributed by atoms with E-state index >= 15 is 0 Å². The Morgan fingerprint density at radius 1 is 1.45 bits per heavy atom. The van der Waals surface area contributed by atoms with Crippen LogP contribution >= 0.6 is 15.9 Å². The van der Waals surface area contributed by atoms with Crippen molar-refractivity contribution in [2.75, 3.05) is 16.8 Å². The highest BCUT2D eigenvalue weighted by molar-refractivity contribution is 9.09. The van der Waals surface area contributed by atoms with Crippen LogP contribution in [0.15, 0.2) is 18.2 Å². The lowest BCUT2D eigenvalue weighted by molar-refractivity contribution is -0.274. The molecule has 20 heavy (non-hydrogen) atoms. The zero-order valence-corrected chi connectivity index (χ0v) is 12.3. The molecule has 1 saturated heterocycles. The van der Waals surface area contributed by atoms with Crippen molar-refractivity contribution in [3.05, 3.63) is 23.8 Å². The topological polar surface area (TPSA) is 29.5 Å². The summed E-state index contributed by atoms with van der Waals surface area (Å²) in [4.78, 5) is 13.5. The van der Waals surface area contributed by atoms with Gasteiger partial charge in [-0.2, -0.15) is 0 Å². The average molecular weight is 352 g/mol. The van der Waals surface area contributed by atoms with Gasteiger partial charge in [-0.15, -0.1) is 13.2 Å². The van der Waals surface area contributed by atoms with Gasteiger partial charge in [-0.25, -0.2) is 0 Å². The van der Waals surface area contributed by atoms with Crippen molar-refractivity contribution in [1.82, 2.24) is 0 Å². The van der Waals surface area contributed by atoms with Gasteiger partial charge in [0.2, 0.25) is 5.91 Å². The highest BCUT2D eigenvalue weighted by atomic mass is 79.9. The Bertz CT molecular complexity index is 519. The zero-order valence-electron chi connectivity index (χ0n) is 10.7. The molecule has 0 N–H and O–H groups in total. The summed E-state index contributed by atoms with van der Waals surface area (Å²) < 4.78 is 40.3. The maximum absolute atomic E-state index is 12.1. The lowest BCUT2D eigenvalue weighted by atomic mass is 10.1. The first-order valence-electron chi connectivity index (χ1n) is 6.03. The smallest absolute Gasteiger partial charge is 0.406 e. The minimum atomic E-state index is -4.71. The van der Waals surface area contributed by atoms with Crippen molar-refractivity contribution in [3.8, 4) is 5.75 Å². The molecule has 1 fully saturated rings. The van der Waals surface area contributed by atoms with Crippen molar-refractivity contribution in [2.45, 2.75) is 19.7 Å². The molecule has 1 aromatic rings. The van der Waals surface area contributed by atoms with Crippen LogP contribution in [0.3, 0.4) is 0 Å². The molecule has 0 radical (unpaired) electrons. The standard InChI is InChI=1S/C13H13BrF3NO2/c1-8-4-10(20-13(15,16)17)2-3-11(8)18-7-9(6-14)5-12(18)19/h2-4,9H,5-7H2,1H3. The molecule has 1 atom stereocenters. The van der Waals surface area contributed by atoms with Gasteiger partial charge >= 0.3 is 6.36 Å². The molecule has 1 heterocycles. The first-order valence-corrected chi connectivity index (χ1v) is 7.15. The zero-order chi connectivity index (χ0) is 14.9. The number of rotatable bonds is 3. The molecule has 2 rings (SSSR count). The molecule has 7 heteroatoms. The number of anilines is 1. The van der Waals surface area contributed by atoms with Crippen LogP contribution in [0.5, 0.6) is 5.75 Å². The summed E-state index contributed by atoms with van der Waals surface area (Å²) in [6.45, 7) is 2.23. The van der Waals surface area contributed by atoms with E-state index < -0.39 is 6.36 Å². The van der Waals surface area contributed by atoms with Crippen LogP contribution in [0, 0.1) is 12.8 Å². The lowest BCUT2D eigenvalue weighted by Crippen LogP contribution is -2.25. The second kappa shape index (κ2) is 5.63. The number of amides is 1. The fourth-order valence-corrected chi connectivity index (χ4v) is 2.68. The molecule has 110 valence electrons. The van der Waals surface area contributed by atoms with Gasteiger partial charge in [0.05, 0.1) is 0 Å². The average Bonchev–Trinajstić information content (AvgIpc) is 2.69. The Balaban J connectivity index is 2.20. The number of halogens is 4. The Morgan fingerprint density at radius 3 is 2.65 bits per heavy atom. The third-order valence-corrected chi connectivity index (χ3v) is 4.03. The minimum absolute atomic E-state index is 0.0120. The van der Waals surface area contributed by atoms with Gasteiger partial charge in [0, 0.05) is 24.0 Å². The molecule has 3 nitrogen and oxygen atoms in total. The predicted octanol–water partition coefficient (Wildman–Crippen LogP) is 3.64. The number of aryl methyl sites for hydroxylation is 1. The fraction of sp³-hybridized carbons (Fsp3) is 0.462. The van der Waals surface area contributed by atoms with Crippen LogP contribution < -0.4 is 9.64 Å². The second-order valence-electron chi connectivity index (χ2n) is 4.72. The van der Waals surface area contributed by atoms with Crippen LogP contribution in [0.4, 0.5) is 18.9 Å². The maximum atomic E-state index is 12.1. The van der Waals surface area contributed by atoms with Crippen LogP contribution in [0.25, 0.3) is 0 Å². The Morgan fingerprint density at radius 2 is 2.15 bits per heavy atom. The van der Waals surface area contributed by atoms with E-state index in [1.165, 1.54) is 18.2 Å². The molecule has 1 aromatic carbocycles. The van der Waals surface area contributed by atoms with Crippen molar-refractivity contribution >= 4 is 27.5 Å². The first-order chi connectivity index (χ1) is 9.30. The van der Waals surface area contributed by atoms with Crippen molar-refractivity contribution in [1.29, 1.82) is 0 Å². The Kier molecular flexibility index (Phi) is 4.27. The van der Waals surface area contributed by atoms with Crippen molar-refractivity contribution in [2.24, 2.45) is 5.92 Å². The molecule has 0 bridgehead atoms. The van der Waals surface area contributed by atoms with Gasteiger partial charge in [-0.05, 0) is 36.6 Å². The molecule has 1 unspecified atom stereocenters.